The minimum absolute atomic E-state index is 0.00634. The molecule has 3 heteroatoms. The van der Waals surface area contributed by atoms with Gasteiger partial charge >= 0.3 is 0 Å². The maximum atomic E-state index is 10.9. The largest absolute Gasteiger partial charge is 0.386 e. The normalized spacial score (nSPS) is 17.0. The molecule has 10 heavy (non-hydrogen) atoms. The highest BCUT2D eigenvalue weighted by molar-refractivity contribution is 6.18. The van der Waals surface area contributed by atoms with Crippen molar-refractivity contribution in [1.82, 2.24) is 10.6 Å². The number of rotatable bonds is 2. The predicted octanol–water partition coefficient (Wildman–Crippen LogP) is -0.224. The third-order valence-corrected chi connectivity index (χ3v) is 1.55. The summed E-state index contributed by atoms with van der Waals surface area (Å²) >= 11 is 0. The summed E-state index contributed by atoms with van der Waals surface area (Å²) < 4.78 is 0. The smallest absolute Gasteiger partial charge is 0.212 e. The zero-order chi connectivity index (χ0) is 7.72. The number of ketones is 1. The number of nitrogens with one attached hydrogen (secondary N) is 2. The summed E-state index contributed by atoms with van der Waals surface area (Å²) in [6, 6.07) is 0. The Morgan fingerprint density at radius 1 is 1.20 bits per heavy atom. The fourth-order valence-corrected chi connectivity index (χ4v) is 0.981. The molecule has 0 fully saturated rings. The molecule has 0 amide bonds. The van der Waals surface area contributed by atoms with Gasteiger partial charge in [-0.2, -0.15) is 0 Å². The molecule has 0 spiro atoms. The van der Waals surface area contributed by atoms with Crippen molar-refractivity contribution >= 4 is 5.78 Å². The van der Waals surface area contributed by atoms with E-state index >= 15 is 0 Å². The van der Waals surface area contributed by atoms with Gasteiger partial charge in [-0.15, -0.1) is 0 Å². The Bertz CT molecular complexity index is 204. The lowest BCUT2D eigenvalue weighted by Crippen LogP contribution is -2.35. The van der Waals surface area contributed by atoms with Gasteiger partial charge in [0.1, 0.15) is 5.70 Å². The van der Waals surface area contributed by atoms with Crippen LogP contribution in [0.5, 0.6) is 0 Å². The first-order valence-electron chi connectivity index (χ1n) is 3.06. The Morgan fingerprint density at radius 3 is 2.00 bits per heavy atom. The molecule has 54 valence electrons. The Morgan fingerprint density at radius 2 is 1.70 bits per heavy atom. The number of Topliss-reactive ketones (excluding diaryl/α,β-unsaturated/α-hetero) is 1. The average molecular weight is 138 g/mol. The minimum atomic E-state index is 0.00634. The third-order valence-electron chi connectivity index (χ3n) is 1.55. The zero-order valence-electron chi connectivity index (χ0n) is 6.12. The number of likely N-dealkylation sites (N-methyl/N-ethyl adjacent to an activating group) is 2. The fraction of sp³-hybridized carbons (Fsp3) is 0.286. The summed E-state index contributed by atoms with van der Waals surface area (Å²) in [6.45, 7) is 3.58. The van der Waals surface area contributed by atoms with Gasteiger partial charge in [0.05, 0.1) is 5.70 Å². The van der Waals surface area contributed by atoms with Gasteiger partial charge in [0.25, 0.3) is 0 Å². The number of allylic oxidation sites excluding steroid dienone is 2. The van der Waals surface area contributed by atoms with E-state index in [9.17, 15) is 4.79 Å². The highest BCUT2D eigenvalue weighted by atomic mass is 16.1. The fourth-order valence-electron chi connectivity index (χ4n) is 0.981. The first kappa shape index (κ1) is 6.86. The van der Waals surface area contributed by atoms with Gasteiger partial charge in [0.15, 0.2) is 0 Å². The van der Waals surface area contributed by atoms with Crippen LogP contribution in [0.25, 0.3) is 0 Å². The summed E-state index contributed by atoms with van der Waals surface area (Å²) in [7, 11) is 3.49. The second-order valence-corrected chi connectivity index (χ2v) is 2.06. The van der Waals surface area contributed by atoms with E-state index in [0.29, 0.717) is 11.3 Å². The van der Waals surface area contributed by atoms with Crippen LogP contribution in [0.15, 0.2) is 23.5 Å². The van der Waals surface area contributed by atoms with Crippen LogP contribution in [0.3, 0.4) is 0 Å². The van der Waals surface area contributed by atoms with Gasteiger partial charge in [-0.05, 0) is 0 Å². The van der Waals surface area contributed by atoms with Crippen molar-refractivity contribution in [3.63, 3.8) is 0 Å². The van der Waals surface area contributed by atoms with Crippen molar-refractivity contribution < 1.29 is 4.79 Å². The molecule has 0 aliphatic heterocycles. The number of hydrogen-bond acceptors (Lipinski definition) is 3. The van der Waals surface area contributed by atoms with Gasteiger partial charge in [0.2, 0.25) is 5.78 Å². The van der Waals surface area contributed by atoms with Crippen LogP contribution in [-0.4, -0.2) is 19.9 Å². The standard InChI is InChI=1S/C7H10N2O/c1-4-5(8-2)6(9-3)7(4)10/h8-9H,1H2,2-3H3. The molecule has 0 atom stereocenters. The Hall–Kier alpha value is -1.25. The van der Waals surface area contributed by atoms with Gasteiger partial charge in [0, 0.05) is 19.7 Å². The summed E-state index contributed by atoms with van der Waals surface area (Å²) in [5.74, 6) is 0.00634. The van der Waals surface area contributed by atoms with E-state index in [-0.39, 0.29) is 5.78 Å². The Kier molecular flexibility index (Phi) is 1.49. The molecule has 0 bridgehead atoms. The van der Waals surface area contributed by atoms with Crippen LogP contribution in [0, 0.1) is 0 Å². The van der Waals surface area contributed by atoms with Crippen molar-refractivity contribution in [2.45, 2.75) is 0 Å². The van der Waals surface area contributed by atoms with Crippen LogP contribution in [0.2, 0.25) is 0 Å². The molecule has 0 radical (unpaired) electrons. The van der Waals surface area contributed by atoms with E-state index in [1.807, 2.05) is 0 Å². The van der Waals surface area contributed by atoms with E-state index in [4.69, 9.17) is 0 Å². The average Bonchev–Trinajstić information content (AvgIpc) is 1.97. The van der Waals surface area contributed by atoms with Crippen molar-refractivity contribution in [1.29, 1.82) is 0 Å². The predicted molar refractivity (Wildman–Crippen MR) is 39.3 cm³/mol. The molecule has 1 rings (SSSR count). The molecule has 1 aliphatic carbocycles. The van der Waals surface area contributed by atoms with Gasteiger partial charge in [-0.1, -0.05) is 6.58 Å². The van der Waals surface area contributed by atoms with E-state index in [2.05, 4.69) is 17.2 Å². The molecule has 0 aromatic heterocycles. The van der Waals surface area contributed by atoms with E-state index < -0.39 is 0 Å². The molecule has 0 heterocycles. The van der Waals surface area contributed by atoms with Crippen LogP contribution in [0.4, 0.5) is 0 Å². The molecular formula is C7H10N2O. The summed E-state index contributed by atoms with van der Waals surface area (Å²) in [4.78, 5) is 10.9. The van der Waals surface area contributed by atoms with Crippen molar-refractivity contribution in [3.8, 4) is 0 Å². The zero-order valence-corrected chi connectivity index (χ0v) is 6.12. The van der Waals surface area contributed by atoms with E-state index in [1.54, 1.807) is 14.1 Å². The van der Waals surface area contributed by atoms with E-state index in [1.165, 1.54) is 0 Å². The maximum absolute atomic E-state index is 10.9. The van der Waals surface area contributed by atoms with Gasteiger partial charge in [-0.25, -0.2) is 0 Å². The molecular weight excluding hydrogens is 128 g/mol. The number of carbonyl (C=O) groups is 1. The second-order valence-electron chi connectivity index (χ2n) is 2.06. The van der Waals surface area contributed by atoms with Crippen LogP contribution < -0.4 is 10.6 Å². The highest BCUT2D eigenvalue weighted by Crippen LogP contribution is 2.23. The minimum Gasteiger partial charge on any atom is -0.386 e. The molecule has 0 aromatic rings. The first-order chi connectivity index (χ1) is 4.72. The summed E-state index contributed by atoms with van der Waals surface area (Å²) in [6.07, 6.45) is 0. The lowest BCUT2D eigenvalue weighted by atomic mass is 9.93. The van der Waals surface area contributed by atoms with Crippen molar-refractivity contribution in [3.05, 3.63) is 23.5 Å². The third kappa shape index (κ3) is 0.635. The van der Waals surface area contributed by atoms with Gasteiger partial charge < -0.3 is 10.6 Å². The quantitative estimate of drug-likeness (QED) is 0.518. The van der Waals surface area contributed by atoms with Crippen LogP contribution >= 0.6 is 0 Å². The second kappa shape index (κ2) is 2.17. The van der Waals surface area contributed by atoms with Crippen LogP contribution in [0.1, 0.15) is 0 Å². The molecule has 0 saturated heterocycles. The monoisotopic (exact) mass is 138 g/mol. The summed E-state index contributed by atoms with van der Waals surface area (Å²) in [5.41, 5.74) is 2.02. The SMILES string of the molecule is C=C1C(=O)C(NC)=C1NC. The molecule has 1 aliphatic rings. The number of carbonyl (C=O) groups excluding carboxylic acids is 1. The molecule has 2 N–H and O–H groups in total. The van der Waals surface area contributed by atoms with Crippen molar-refractivity contribution in [2.24, 2.45) is 0 Å². The Labute approximate surface area is 59.8 Å². The lowest BCUT2D eigenvalue weighted by Gasteiger charge is -2.23. The maximum Gasteiger partial charge on any atom is 0.212 e. The number of hydrogen-bond donors (Lipinski definition) is 2. The van der Waals surface area contributed by atoms with Gasteiger partial charge in [-0.3, -0.25) is 4.79 Å². The van der Waals surface area contributed by atoms with E-state index in [0.717, 1.165) is 5.70 Å². The van der Waals surface area contributed by atoms with Crippen molar-refractivity contribution in [2.75, 3.05) is 14.1 Å². The summed E-state index contributed by atoms with van der Waals surface area (Å²) in [5, 5.41) is 5.67. The highest BCUT2D eigenvalue weighted by Gasteiger charge is 2.29. The molecule has 0 saturated carbocycles. The first-order valence-corrected chi connectivity index (χ1v) is 3.06. The Balaban J connectivity index is 2.94. The molecule has 0 unspecified atom stereocenters. The molecule has 0 aromatic carbocycles. The van der Waals surface area contributed by atoms with Crippen LogP contribution in [-0.2, 0) is 4.79 Å². The molecule has 3 nitrogen and oxygen atoms in total. The lowest BCUT2D eigenvalue weighted by molar-refractivity contribution is -0.113. The topological polar surface area (TPSA) is 41.1 Å².